The molecule has 1 aromatic rings. The molecule has 1 fully saturated rings. The Labute approximate surface area is 140 Å². The molecule has 1 aromatic carbocycles. The van der Waals surface area contributed by atoms with Crippen molar-refractivity contribution in [3.8, 4) is 0 Å². The summed E-state index contributed by atoms with van der Waals surface area (Å²) in [5.74, 6) is -1.07. The van der Waals surface area contributed by atoms with Crippen molar-refractivity contribution >= 4 is 35.1 Å². The largest absolute Gasteiger partial charge is 0.481 e. The summed E-state index contributed by atoms with van der Waals surface area (Å²) in [6, 6.07) is 5.32. The van der Waals surface area contributed by atoms with Crippen LogP contribution in [0.3, 0.4) is 0 Å². The average Bonchev–Trinajstić information content (AvgIpc) is 2.50. The first kappa shape index (κ1) is 17.1. The lowest BCUT2D eigenvalue weighted by Gasteiger charge is -2.29. The van der Waals surface area contributed by atoms with Gasteiger partial charge in [-0.2, -0.15) is 0 Å². The summed E-state index contributed by atoms with van der Waals surface area (Å²) in [6.07, 6.45) is 2.43. The number of halogens is 2. The molecule has 1 N–H and O–H groups in total. The minimum absolute atomic E-state index is 0.0647. The van der Waals surface area contributed by atoms with Crippen LogP contribution in [0, 0.1) is 11.8 Å². The van der Waals surface area contributed by atoms with Crippen LogP contribution in [-0.2, 0) is 16.1 Å². The van der Waals surface area contributed by atoms with E-state index in [2.05, 4.69) is 0 Å². The highest BCUT2D eigenvalue weighted by molar-refractivity contribution is 6.42. The molecule has 1 aliphatic carbocycles. The summed E-state index contributed by atoms with van der Waals surface area (Å²) in [7, 11) is 1.76. The number of carbonyl (C=O) groups is 2. The van der Waals surface area contributed by atoms with Crippen LogP contribution in [0.15, 0.2) is 18.2 Å². The van der Waals surface area contributed by atoms with E-state index >= 15 is 0 Å². The molecule has 1 aliphatic rings. The standard InChI is InChI=1S/C16H19Cl2NO3/c1-19(9-10-2-7-13(17)14(18)8-10)15(20)11-3-5-12(6-4-11)16(21)22/h2,7-8,11-12H,3-6,9H2,1H3,(H,21,22). The van der Waals surface area contributed by atoms with Crippen molar-refractivity contribution in [3.63, 3.8) is 0 Å². The quantitative estimate of drug-likeness (QED) is 0.903. The van der Waals surface area contributed by atoms with Gasteiger partial charge in [0.15, 0.2) is 0 Å². The zero-order valence-corrected chi connectivity index (χ0v) is 13.9. The Morgan fingerprint density at radius 1 is 1.14 bits per heavy atom. The smallest absolute Gasteiger partial charge is 0.306 e. The van der Waals surface area contributed by atoms with E-state index in [-0.39, 0.29) is 17.7 Å². The number of carboxylic acid groups (broad SMARTS) is 1. The number of hydrogen-bond donors (Lipinski definition) is 1. The Kier molecular flexibility index (Phi) is 5.70. The molecular formula is C16H19Cl2NO3. The molecule has 0 unspecified atom stereocenters. The molecule has 0 aliphatic heterocycles. The number of carboxylic acids is 1. The number of hydrogen-bond acceptors (Lipinski definition) is 2. The van der Waals surface area contributed by atoms with Gasteiger partial charge in [0.1, 0.15) is 0 Å². The third-order valence-electron chi connectivity index (χ3n) is 4.21. The van der Waals surface area contributed by atoms with Crippen molar-refractivity contribution in [1.29, 1.82) is 0 Å². The first-order chi connectivity index (χ1) is 10.4. The van der Waals surface area contributed by atoms with Gasteiger partial charge in [-0.3, -0.25) is 9.59 Å². The van der Waals surface area contributed by atoms with Crippen LogP contribution in [0.5, 0.6) is 0 Å². The molecule has 0 spiro atoms. The minimum Gasteiger partial charge on any atom is -0.481 e. The van der Waals surface area contributed by atoms with Gasteiger partial charge in [0.05, 0.1) is 16.0 Å². The molecule has 0 aromatic heterocycles. The number of benzene rings is 1. The van der Waals surface area contributed by atoms with E-state index in [0.29, 0.717) is 42.3 Å². The number of aliphatic carboxylic acids is 1. The summed E-state index contributed by atoms with van der Waals surface area (Å²) < 4.78 is 0. The second-order valence-corrected chi connectivity index (χ2v) is 6.64. The molecule has 1 saturated carbocycles. The summed E-state index contributed by atoms with van der Waals surface area (Å²) in [5.41, 5.74) is 0.921. The first-order valence-electron chi connectivity index (χ1n) is 7.30. The predicted molar refractivity (Wildman–Crippen MR) is 86.0 cm³/mol. The average molecular weight is 344 g/mol. The summed E-state index contributed by atoms with van der Waals surface area (Å²) in [6.45, 7) is 0.467. The van der Waals surface area contributed by atoms with E-state index in [4.69, 9.17) is 28.3 Å². The lowest BCUT2D eigenvalue weighted by atomic mass is 9.81. The normalized spacial score (nSPS) is 21.4. The highest BCUT2D eigenvalue weighted by Crippen LogP contribution is 2.30. The lowest BCUT2D eigenvalue weighted by Crippen LogP contribution is -2.35. The molecule has 6 heteroatoms. The Hall–Kier alpha value is -1.26. The Morgan fingerprint density at radius 3 is 2.27 bits per heavy atom. The fourth-order valence-electron chi connectivity index (χ4n) is 2.89. The number of nitrogens with zero attached hydrogens (tertiary/aromatic N) is 1. The molecule has 0 radical (unpaired) electrons. The van der Waals surface area contributed by atoms with E-state index < -0.39 is 5.97 Å². The van der Waals surface area contributed by atoms with Crippen LogP contribution in [-0.4, -0.2) is 28.9 Å². The summed E-state index contributed by atoms with van der Waals surface area (Å²) in [5, 5.41) is 9.96. The molecule has 0 atom stereocenters. The van der Waals surface area contributed by atoms with Gasteiger partial charge in [-0.05, 0) is 43.4 Å². The molecule has 120 valence electrons. The van der Waals surface area contributed by atoms with Gasteiger partial charge in [0.25, 0.3) is 0 Å². The zero-order chi connectivity index (χ0) is 16.3. The van der Waals surface area contributed by atoms with Crippen LogP contribution in [0.4, 0.5) is 0 Å². The fraction of sp³-hybridized carbons (Fsp3) is 0.500. The van der Waals surface area contributed by atoms with Crippen molar-refractivity contribution in [2.75, 3.05) is 7.05 Å². The van der Waals surface area contributed by atoms with Gasteiger partial charge in [0, 0.05) is 19.5 Å². The third-order valence-corrected chi connectivity index (χ3v) is 4.94. The van der Waals surface area contributed by atoms with Gasteiger partial charge in [-0.15, -0.1) is 0 Å². The number of rotatable bonds is 4. The lowest BCUT2D eigenvalue weighted by molar-refractivity contribution is -0.145. The fourth-order valence-corrected chi connectivity index (χ4v) is 3.21. The Morgan fingerprint density at radius 2 is 1.73 bits per heavy atom. The molecule has 22 heavy (non-hydrogen) atoms. The van der Waals surface area contributed by atoms with Crippen molar-refractivity contribution < 1.29 is 14.7 Å². The molecule has 0 bridgehead atoms. The van der Waals surface area contributed by atoms with Gasteiger partial charge in [0.2, 0.25) is 5.91 Å². The van der Waals surface area contributed by atoms with E-state index in [1.807, 2.05) is 6.07 Å². The topological polar surface area (TPSA) is 57.6 Å². The predicted octanol–water partition coefficient (Wildman–Crippen LogP) is 3.84. The van der Waals surface area contributed by atoms with Crippen LogP contribution < -0.4 is 0 Å². The number of amides is 1. The van der Waals surface area contributed by atoms with E-state index in [1.54, 1.807) is 24.1 Å². The van der Waals surface area contributed by atoms with Crippen molar-refractivity contribution in [3.05, 3.63) is 33.8 Å². The molecule has 4 nitrogen and oxygen atoms in total. The van der Waals surface area contributed by atoms with Crippen LogP contribution >= 0.6 is 23.2 Å². The SMILES string of the molecule is CN(Cc1ccc(Cl)c(Cl)c1)C(=O)C1CCC(C(=O)O)CC1. The molecule has 0 heterocycles. The maximum atomic E-state index is 12.5. The summed E-state index contributed by atoms with van der Waals surface area (Å²) in [4.78, 5) is 25.1. The first-order valence-corrected chi connectivity index (χ1v) is 8.05. The number of carbonyl (C=O) groups excluding carboxylic acids is 1. The molecule has 0 saturated heterocycles. The van der Waals surface area contributed by atoms with Crippen LogP contribution in [0.1, 0.15) is 31.2 Å². The minimum atomic E-state index is -0.755. The second-order valence-electron chi connectivity index (χ2n) is 5.83. The molecular weight excluding hydrogens is 325 g/mol. The van der Waals surface area contributed by atoms with Crippen LogP contribution in [0.2, 0.25) is 10.0 Å². The molecule has 1 amide bonds. The van der Waals surface area contributed by atoms with Gasteiger partial charge >= 0.3 is 5.97 Å². The third kappa shape index (κ3) is 4.14. The van der Waals surface area contributed by atoms with Crippen molar-refractivity contribution in [2.45, 2.75) is 32.2 Å². The Bertz CT molecular complexity index is 569. The highest BCUT2D eigenvalue weighted by atomic mass is 35.5. The van der Waals surface area contributed by atoms with E-state index in [0.717, 1.165) is 5.56 Å². The summed E-state index contributed by atoms with van der Waals surface area (Å²) >= 11 is 11.9. The monoisotopic (exact) mass is 343 g/mol. The zero-order valence-electron chi connectivity index (χ0n) is 12.4. The second kappa shape index (κ2) is 7.34. The van der Waals surface area contributed by atoms with Gasteiger partial charge in [-0.25, -0.2) is 0 Å². The van der Waals surface area contributed by atoms with E-state index in [1.165, 1.54) is 0 Å². The van der Waals surface area contributed by atoms with Gasteiger partial charge < -0.3 is 10.0 Å². The van der Waals surface area contributed by atoms with Gasteiger partial charge in [-0.1, -0.05) is 29.3 Å². The van der Waals surface area contributed by atoms with Crippen molar-refractivity contribution in [1.82, 2.24) is 4.90 Å². The van der Waals surface area contributed by atoms with Crippen LogP contribution in [0.25, 0.3) is 0 Å². The molecule has 2 rings (SSSR count). The maximum Gasteiger partial charge on any atom is 0.306 e. The van der Waals surface area contributed by atoms with Crippen molar-refractivity contribution in [2.24, 2.45) is 11.8 Å². The maximum absolute atomic E-state index is 12.5. The Balaban J connectivity index is 1.92. The highest BCUT2D eigenvalue weighted by Gasteiger charge is 2.31. The van der Waals surface area contributed by atoms with E-state index in [9.17, 15) is 9.59 Å².